The summed E-state index contributed by atoms with van der Waals surface area (Å²) >= 11 is 0. The summed E-state index contributed by atoms with van der Waals surface area (Å²) in [5, 5.41) is 0. The van der Waals surface area contributed by atoms with Crippen LogP contribution in [0.1, 0.15) is 194 Å². The average molecular weight is 1030 g/mol. The molecule has 0 amide bonds. The molecule has 0 saturated heterocycles. The third kappa shape index (κ3) is 56.8. The van der Waals surface area contributed by atoms with E-state index in [-0.39, 0.29) is 32.6 Å². The Labute approximate surface area is 445 Å². The first kappa shape index (κ1) is 68.6. The first-order chi connectivity index (χ1) is 35.8. The number of phosphoric acid groups is 1. The van der Waals surface area contributed by atoms with Gasteiger partial charge in [0, 0.05) is 19.4 Å². The zero-order chi connectivity index (χ0) is 53.1. The number of carbonyl (C=O) groups excluding carboxylic acids is 2. The Hall–Kier alpha value is -4.37. The molecule has 10 heteroatoms. The van der Waals surface area contributed by atoms with Gasteiger partial charge in [0.25, 0.3) is 0 Å². The first-order valence-electron chi connectivity index (χ1n) is 28.0. The fourth-order valence-corrected chi connectivity index (χ4v) is 7.62. The van der Waals surface area contributed by atoms with Gasteiger partial charge in [0.1, 0.15) is 6.61 Å². The SMILES string of the molecule is CC/C=C\C/C=C\C/C=C\C/C=C\C/C=C\C/C=C\C/C=C\C/C=C\CCCCCCCCC(=O)OC(COC(=O)CCCCCCC/C=C\C/C=C\C/C=C\C/C=C\C/C=C\CC)COP(=O)(O)OCCN. The lowest BCUT2D eigenvalue weighted by atomic mass is 10.1. The van der Waals surface area contributed by atoms with Crippen LogP contribution in [-0.4, -0.2) is 49.3 Å². The second-order valence-electron chi connectivity index (χ2n) is 17.7. The van der Waals surface area contributed by atoms with E-state index in [0.29, 0.717) is 12.8 Å². The number of unbranched alkanes of at least 4 members (excludes halogenated alkanes) is 11. The number of esters is 2. The highest BCUT2D eigenvalue weighted by Crippen LogP contribution is 2.43. The third-order valence-electron chi connectivity index (χ3n) is 10.9. The highest BCUT2D eigenvalue weighted by atomic mass is 31.2. The molecule has 0 aromatic rings. The number of phosphoric ester groups is 1. The quantitative estimate of drug-likeness (QED) is 0.0264. The van der Waals surface area contributed by atoms with Crippen molar-refractivity contribution >= 4 is 19.8 Å². The van der Waals surface area contributed by atoms with Crippen molar-refractivity contribution in [1.82, 2.24) is 0 Å². The summed E-state index contributed by atoms with van der Waals surface area (Å²) in [4.78, 5) is 35.2. The highest BCUT2D eigenvalue weighted by molar-refractivity contribution is 7.47. The van der Waals surface area contributed by atoms with E-state index in [1.54, 1.807) is 0 Å². The van der Waals surface area contributed by atoms with E-state index >= 15 is 0 Å². The van der Waals surface area contributed by atoms with Crippen LogP contribution >= 0.6 is 7.82 Å². The van der Waals surface area contributed by atoms with Gasteiger partial charge in [-0.1, -0.05) is 217 Å². The van der Waals surface area contributed by atoms with Gasteiger partial charge in [-0.25, -0.2) is 4.57 Å². The molecule has 0 aliphatic rings. The Bertz CT molecular complexity index is 1740. The number of hydrogen-bond acceptors (Lipinski definition) is 8. The van der Waals surface area contributed by atoms with Crippen LogP contribution in [0.25, 0.3) is 0 Å². The number of allylic oxidation sites excluding steroid dienone is 26. The molecule has 2 unspecified atom stereocenters. The fraction of sp³-hybridized carbons (Fsp3) is 0.556. The summed E-state index contributed by atoms with van der Waals surface area (Å²) < 4.78 is 33.0. The van der Waals surface area contributed by atoms with Gasteiger partial charge in [0.05, 0.1) is 13.2 Å². The lowest BCUT2D eigenvalue weighted by Crippen LogP contribution is -2.29. The molecule has 0 spiro atoms. The average Bonchev–Trinajstić information content (AvgIpc) is 3.38. The predicted octanol–water partition coefficient (Wildman–Crippen LogP) is 17.7. The molecule has 410 valence electrons. The summed E-state index contributed by atoms with van der Waals surface area (Å²) in [7, 11) is -4.41. The minimum atomic E-state index is -4.41. The van der Waals surface area contributed by atoms with E-state index in [2.05, 4.69) is 172 Å². The van der Waals surface area contributed by atoms with Gasteiger partial charge in [-0.15, -0.1) is 0 Å². The second-order valence-corrected chi connectivity index (χ2v) is 19.1. The summed E-state index contributed by atoms with van der Waals surface area (Å²) in [6.45, 7) is 3.44. The van der Waals surface area contributed by atoms with Gasteiger partial charge in [-0.2, -0.15) is 0 Å². The molecular formula is C63H100NO8P. The zero-order valence-corrected chi connectivity index (χ0v) is 46.4. The van der Waals surface area contributed by atoms with Gasteiger partial charge in [-0.05, 0) is 122 Å². The molecule has 2 atom stereocenters. The molecule has 0 heterocycles. The van der Waals surface area contributed by atoms with Crippen molar-refractivity contribution in [2.75, 3.05) is 26.4 Å². The number of rotatable bonds is 50. The summed E-state index contributed by atoms with van der Waals surface area (Å²) in [5.74, 6) is -0.882. The third-order valence-corrected chi connectivity index (χ3v) is 11.9. The Morgan fingerprint density at radius 2 is 0.712 bits per heavy atom. The van der Waals surface area contributed by atoms with Crippen molar-refractivity contribution in [1.29, 1.82) is 0 Å². The van der Waals surface area contributed by atoms with E-state index in [1.807, 2.05) is 0 Å². The van der Waals surface area contributed by atoms with E-state index in [9.17, 15) is 19.0 Å². The molecule has 0 aromatic heterocycles. The predicted molar refractivity (Wildman–Crippen MR) is 311 cm³/mol. The molecule has 0 aliphatic carbocycles. The smallest absolute Gasteiger partial charge is 0.462 e. The Morgan fingerprint density at radius 1 is 0.411 bits per heavy atom. The van der Waals surface area contributed by atoms with Crippen LogP contribution in [0.15, 0.2) is 158 Å². The molecule has 0 fully saturated rings. The Morgan fingerprint density at radius 3 is 1.05 bits per heavy atom. The monoisotopic (exact) mass is 1030 g/mol. The normalized spacial score (nSPS) is 14.3. The molecule has 3 N–H and O–H groups in total. The maximum absolute atomic E-state index is 12.7. The zero-order valence-electron chi connectivity index (χ0n) is 45.5. The highest BCUT2D eigenvalue weighted by Gasteiger charge is 2.26. The molecule has 0 aromatic carbocycles. The molecule has 0 radical (unpaired) electrons. The number of carbonyl (C=O) groups is 2. The van der Waals surface area contributed by atoms with Gasteiger partial charge in [0.15, 0.2) is 6.10 Å². The summed E-state index contributed by atoms with van der Waals surface area (Å²) in [6.07, 6.45) is 82.8. The molecule has 9 nitrogen and oxygen atoms in total. The van der Waals surface area contributed by atoms with Crippen molar-refractivity contribution in [3.8, 4) is 0 Å². The van der Waals surface area contributed by atoms with Gasteiger partial charge in [0.2, 0.25) is 0 Å². The van der Waals surface area contributed by atoms with E-state index in [4.69, 9.17) is 24.3 Å². The van der Waals surface area contributed by atoms with E-state index < -0.39 is 32.5 Å². The van der Waals surface area contributed by atoms with Gasteiger partial charge in [-0.3, -0.25) is 18.6 Å². The lowest BCUT2D eigenvalue weighted by molar-refractivity contribution is -0.161. The number of hydrogen-bond donors (Lipinski definition) is 2. The van der Waals surface area contributed by atoms with E-state index in [0.717, 1.165) is 154 Å². The minimum Gasteiger partial charge on any atom is -0.462 e. The molecule has 73 heavy (non-hydrogen) atoms. The van der Waals surface area contributed by atoms with Gasteiger partial charge < -0.3 is 20.1 Å². The first-order valence-corrected chi connectivity index (χ1v) is 29.5. The largest absolute Gasteiger partial charge is 0.472 e. The maximum atomic E-state index is 12.7. The fourth-order valence-electron chi connectivity index (χ4n) is 6.85. The Kier molecular flexibility index (Phi) is 53.5. The van der Waals surface area contributed by atoms with Crippen LogP contribution in [0.4, 0.5) is 0 Å². The topological polar surface area (TPSA) is 134 Å². The summed E-state index contributed by atoms with van der Waals surface area (Å²) in [6, 6.07) is 0. The van der Waals surface area contributed by atoms with E-state index in [1.165, 1.54) is 0 Å². The van der Waals surface area contributed by atoms with Crippen molar-refractivity contribution in [3.63, 3.8) is 0 Å². The van der Waals surface area contributed by atoms with Crippen LogP contribution in [0, 0.1) is 0 Å². The molecule has 0 bridgehead atoms. The minimum absolute atomic E-state index is 0.0381. The summed E-state index contributed by atoms with van der Waals surface area (Å²) in [5.41, 5.74) is 5.37. The standard InChI is InChI=1S/C63H100NO8P/c1-3-5-7-9-11-13-15-17-19-21-23-25-26-27-28-29-30-31-32-33-34-36-38-40-42-44-46-48-50-52-54-56-63(66)72-61(60-71-73(67,68)70-58-57-64)59-69-62(65)55-53-51-49-47-45-43-41-39-37-35-24-22-20-18-16-14-12-10-8-6-4-2/h5-8,11-14,17-20,23-25,27-28,30-31,33-35,38-41,61H,3-4,9-10,15-16,21-22,26,29,32,36-37,42-60,64H2,1-2H3,(H,67,68)/b7-5-,8-6-,13-11-,14-12-,19-17-,20-18-,25-23-,28-27-,31-30-,34-33-,35-24-,40-38-,41-39-. The van der Waals surface area contributed by atoms with Crippen LogP contribution in [0.5, 0.6) is 0 Å². The number of nitrogens with two attached hydrogens (primary N) is 1. The van der Waals surface area contributed by atoms with Gasteiger partial charge >= 0.3 is 19.8 Å². The van der Waals surface area contributed by atoms with Crippen LogP contribution in [-0.2, 0) is 32.7 Å². The van der Waals surface area contributed by atoms with Crippen molar-refractivity contribution in [2.45, 2.75) is 200 Å². The molecule has 0 aliphatic heterocycles. The van der Waals surface area contributed by atoms with Crippen LogP contribution in [0.2, 0.25) is 0 Å². The molecule has 0 saturated carbocycles. The maximum Gasteiger partial charge on any atom is 0.472 e. The molecule has 0 rings (SSSR count). The number of ether oxygens (including phenoxy) is 2. The second kappa shape index (κ2) is 56.9. The lowest BCUT2D eigenvalue weighted by Gasteiger charge is -2.19. The van der Waals surface area contributed by atoms with Crippen molar-refractivity contribution in [3.05, 3.63) is 158 Å². The van der Waals surface area contributed by atoms with Crippen LogP contribution < -0.4 is 5.73 Å². The molecular weight excluding hydrogens is 930 g/mol. The van der Waals surface area contributed by atoms with Crippen LogP contribution in [0.3, 0.4) is 0 Å². The van der Waals surface area contributed by atoms with Crippen molar-refractivity contribution in [2.24, 2.45) is 5.73 Å². The Balaban J connectivity index is 4.14. The van der Waals surface area contributed by atoms with Crippen molar-refractivity contribution < 1.29 is 37.6 Å².